The van der Waals surface area contributed by atoms with Crippen LogP contribution in [-0.2, 0) is 11.3 Å². The van der Waals surface area contributed by atoms with Gasteiger partial charge in [-0.05, 0) is 48.9 Å². The maximum atomic E-state index is 13.1. The number of aromatic nitrogens is 3. The minimum Gasteiger partial charge on any atom is -0.350 e. The molecular formula is C21H19F2N5OS. The first-order valence-electron chi connectivity index (χ1n) is 9.40. The van der Waals surface area contributed by atoms with Gasteiger partial charge < -0.3 is 10.2 Å². The largest absolute Gasteiger partial charge is 0.350 e. The molecule has 154 valence electrons. The van der Waals surface area contributed by atoms with Crippen LogP contribution in [0.4, 0.5) is 13.9 Å². The van der Waals surface area contributed by atoms with E-state index in [4.69, 9.17) is 0 Å². The highest BCUT2D eigenvalue weighted by Gasteiger charge is 2.16. The van der Waals surface area contributed by atoms with Crippen LogP contribution in [0.3, 0.4) is 0 Å². The zero-order chi connectivity index (χ0) is 21.1. The van der Waals surface area contributed by atoms with Crippen molar-refractivity contribution in [3.05, 3.63) is 71.9 Å². The average molecular weight is 427 g/mol. The Labute approximate surface area is 175 Å². The van der Waals surface area contributed by atoms with Gasteiger partial charge in [0.05, 0.1) is 18.4 Å². The summed E-state index contributed by atoms with van der Waals surface area (Å²) in [6.07, 6.45) is 1.78. The van der Waals surface area contributed by atoms with Gasteiger partial charge >= 0.3 is 0 Å². The van der Waals surface area contributed by atoms with E-state index in [9.17, 15) is 13.6 Å². The van der Waals surface area contributed by atoms with Crippen molar-refractivity contribution in [2.75, 3.05) is 18.0 Å². The van der Waals surface area contributed by atoms with Gasteiger partial charge in [-0.3, -0.25) is 4.79 Å². The van der Waals surface area contributed by atoms with Gasteiger partial charge in [-0.25, -0.2) is 18.3 Å². The number of imidazole rings is 1. The number of rotatable bonds is 7. The van der Waals surface area contributed by atoms with E-state index in [-0.39, 0.29) is 24.1 Å². The van der Waals surface area contributed by atoms with Crippen molar-refractivity contribution < 1.29 is 13.6 Å². The van der Waals surface area contributed by atoms with Gasteiger partial charge in [-0.1, -0.05) is 23.5 Å². The second-order valence-corrected chi connectivity index (χ2v) is 7.60. The highest BCUT2D eigenvalue weighted by Crippen LogP contribution is 2.26. The summed E-state index contributed by atoms with van der Waals surface area (Å²) in [5.74, 6) is -0.754. The summed E-state index contributed by atoms with van der Waals surface area (Å²) >= 11 is 1.38. The monoisotopic (exact) mass is 427 g/mol. The molecule has 0 unspecified atom stereocenters. The van der Waals surface area contributed by atoms with Gasteiger partial charge in [-0.2, -0.15) is 0 Å². The third kappa shape index (κ3) is 4.46. The summed E-state index contributed by atoms with van der Waals surface area (Å²) in [6, 6.07) is 12.1. The number of anilines is 1. The molecule has 0 radical (unpaired) electrons. The van der Waals surface area contributed by atoms with Gasteiger partial charge in [0, 0.05) is 18.7 Å². The lowest BCUT2D eigenvalue weighted by molar-refractivity contribution is -0.119. The Morgan fingerprint density at radius 1 is 1.10 bits per heavy atom. The van der Waals surface area contributed by atoms with Crippen LogP contribution in [0.15, 0.2) is 54.7 Å². The Morgan fingerprint density at radius 2 is 1.77 bits per heavy atom. The van der Waals surface area contributed by atoms with E-state index in [1.165, 1.54) is 35.6 Å². The van der Waals surface area contributed by atoms with Crippen molar-refractivity contribution in [1.29, 1.82) is 0 Å². The Hall–Kier alpha value is -3.33. The quantitative estimate of drug-likeness (QED) is 0.486. The van der Waals surface area contributed by atoms with Crippen molar-refractivity contribution in [3.63, 3.8) is 0 Å². The number of fused-ring (bicyclic) bond motifs is 1. The van der Waals surface area contributed by atoms with Gasteiger partial charge in [0.15, 0.2) is 0 Å². The van der Waals surface area contributed by atoms with Gasteiger partial charge in [-0.15, -0.1) is 5.10 Å². The van der Waals surface area contributed by atoms with E-state index in [1.54, 1.807) is 35.0 Å². The molecule has 30 heavy (non-hydrogen) atoms. The molecule has 0 aliphatic rings. The maximum absolute atomic E-state index is 13.1. The van der Waals surface area contributed by atoms with E-state index < -0.39 is 0 Å². The summed E-state index contributed by atoms with van der Waals surface area (Å²) in [7, 11) is 0. The lowest BCUT2D eigenvalue weighted by atomic mass is 10.2. The molecule has 0 saturated carbocycles. The predicted octanol–water partition coefficient (Wildman–Crippen LogP) is 3.88. The van der Waals surface area contributed by atoms with Gasteiger partial charge in [0.2, 0.25) is 16.0 Å². The molecule has 0 atom stereocenters. The lowest BCUT2D eigenvalue weighted by Crippen LogP contribution is -2.37. The summed E-state index contributed by atoms with van der Waals surface area (Å²) in [5, 5.41) is 8.05. The van der Waals surface area contributed by atoms with Crippen LogP contribution in [0, 0.1) is 11.6 Å². The first-order valence-corrected chi connectivity index (χ1v) is 10.2. The zero-order valence-electron chi connectivity index (χ0n) is 16.2. The number of hydrogen-bond acceptors (Lipinski definition) is 5. The van der Waals surface area contributed by atoms with Crippen LogP contribution in [0.2, 0.25) is 0 Å². The summed E-state index contributed by atoms with van der Waals surface area (Å²) in [5.41, 5.74) is 2.34. The summed E-state index contributed by atoms with van der Waals surface area (Å²) in [4.78, 5) is 19.4. The van der Waals surface area contributed by atoms with Crippen LogP contribution >= 0.6 is 11.3 Å². The second-order valence-electron chi connectivity index (χ2n) is 6.66. The standard InChI is InChI=1S/C21H19F2N5OS/c1-2-27(13-19(29)24-11-14-3-7-16(22)8-4-14)21-26-28-12-18(25-20(28)30-21)15-5-9-17(23)10-6-15/h3-10,12H,2,11,13H2,1H3,(H,24,29). The lowest BCUT2D eigenvalue weighted by Gasteiger charge is -2.18. The molecule has 0 aliphatic heterocycles. The van der Waals surface area contributed by atoms with Crippen molar-refractivity contribution >= 4 is 27.3 Å². The van der Waals surface area contributed by atoms with E-state index in [1.807, 2.05) is 11.8 Å². The summed E-state index contributed by atoms with van der Waals surface area (Å²) < 4.78 is 27.7. The van der Waals surface area contributed by atoms with E-state index >= 15 is 0 Å². The maximum Gasteiger partial charge on any atom is 0.239 e. The van der Waals surface area contributed by atoms with Crippen molar-refractivity contribution in [2.24, 2.45) is 0 Å². The number of halogens is 2. The molecule has 6 nitrogen and oxygen atoms in total. The van der Waals surface area contributed by atoms with E-state index in [2.05, 4.69) is 15.4 Å². The Kier molecular flexibility index (Phi) is 5.71. The highest BCUT2D eigenvalue weighted by molar-refractivity contribution is 7.20. The molecule has 4 rings (SSSR count). The molecule has 0 spiro atoms. The Bertz CT molecular complexity index is 1120. The third-order valence-corrected chi connectivity index (χ3v) is 5.55. The third-order valence-electron chi connectivity index (χ3n) is 4.56. The molecule has 0 bridgehead atoms. The zero-order valence-corrected chi connectivity index (χ0v) is 17.0. The molecule has 0 saturated heterocycles. The second kappa shape index (κ2) is 8.58. The van der Waals surface area contributed by atoms with Crippen molar-refractivity contribution in [2.45, 2.75) is 13.5 Å². The molecule has 2 heterocycles. The van der Waals surface area contributed by atoms with E-state index in [0.717, 1.165) is 11.1 Å². The number of carbonyl (C=O) groups excluding carboxylic acids is 1. The van der Waals surface area contributed by atoms with Crippen molar-refractivity contribution in [3.8, 4) is 11.3 Å². The average Bonchev–Trinajstić information content (AvgIpc) is 3.31. The predicted molar refractivity (Wildman–Crippen MR) is 112 cm³/mol. The molecular weight excluding hydrogens is 408 g/mol. The number of benzene rings is 2. The fourth-order valence-electron chi connectivity index (χ4n) is 2.92. The topological polar surface area (TPSA) is 62.5 Å². The number of nitrogens with zero attached hydrogens (tertiary/aromatic N) is 4. The first-order chi connectivity index (χ1) is 14.5. The number of hydrogen-bond donors (Lipinski definition) is 1. The minimum atomic E-state index is -0.307. The Morgan fingerprint density at radius 3 is 2.40 bits per heavy atom. The number of nitrogens with one attached hydrogen (secondary N) is 1. The Balaban J connectivity index is 1.42. The molecule has 2 aromatic carbocycles. The van der Waals surface area contributed by atoms with Crippen LogP contribution in [0.1, 0.15) is 12.5 Å². The SMILES string of the molecule is CCN(CC(=O)NCc1ccc(F)cc1)c1nn2cc(-c3ccc(F)cc3)nc2s1. The molecule has 0 aliphatic carbocycles. The minimum absolute atomic E-state index is 0.152. The van der Waals surface area contributed by atoms with Crippen LogP contribution in [0.25, 0.3) is 16.2 Å². The smallest absolute Gasteiger partial charge is 0.239 e. The first kappa shape index (κ1) is 20.0. The number of carbonyl (C=O) groups is 1. The van der Waals surface area contributed by atoms with Gasteiger partial charge in [0.25, 0.3) is 0 Å². The fourth-order valence-corrected chi connectivity index (χ4v) is 3.87. The molecule has 1 amide bonds. The number of likely N-dealkylation sites (N-methyl/N-ethyl adjacent to an activating group) is 1. The molecule has 2 aromatic heterocycles. The van der Waals surface area contributed by atoms with Gasteiger partial charge in [0.1, 0.15) is 11.6 Å². The number of amides is 1. The fraction of sp³-hybridized carbons (Fsp3) is 0.190. The van der Waals surface area contributed by atoms with Crippen LogP contribution < -0.4 is 10.2 Å². The van der Waals surface area contributed by atoms with Crippen molar-refractivity contribution in [1.82, 2.24) is 19.9 Å². The summed E-state index contributed by atoms with van der Waals surface area (Å²) in [6.45, 7) is 3.03. The molecule has 4 aromatic rings. The molecule has 9 heteroatoms. The molecule has 1 N–H and O–H groups in total. The van der Waals surface area contributed by atoms with Crippen LogP contribution in [-0.4, -0.2) is 33.6 Å². The molecule has 0 fully saturated rings. The highest BCUT2D eigenvalue weighted by atomic mass is 32.1. The van der Waals surface area contributed by atoms with E-state index in [0.29, 0.717) is 28.9 Å². The van der Waals surface area contributed by atoms with Crippen LogP contribution in [0.5, 0.6) is 0 Å². The normalized spacial score (nSPS) is 11.0.